The first-order valence-corrected chi connectivity index (χ1v) is 8.10. The Kier molecular flexibility index (Phi) is 6.47. The third-order valence-electron chi connectivity index (χ3n) is 3.48. The molecule has 0 radical (unpaired) electrons. The molecule has 2 aromatic carbocycles. The summed E-state index contributed by atoms with van der Waals surface area (Å²) in [5.74, 6) is -0.264. The molecule has 0 bridgehead atoms. The number of aryl methyl sites for hydroxylation is 1. The summed E-state index contributed by atoms with van der Waals surface area (Å²) in [6.07, 6.45) is 0.594. The Hall–Kier alpha value is -2.47. The van der Waals surface area contributed by atoms with Crippen molar-refractivity contribution in [1.29, 1.82) is 0 Å². The second kappa shape index (κ2) is 8.58. The summed E-state index contributed by atoms with van der Waals surface area (Å²) in [4.78, 5) is 12.0. The molecule has 1 amide bonds. The van der Waals surface area contributed by atoms with Gasteiger partial charge in [-0.25, -0.2) is 4.39 Å². The number of nitrogens with one attached hydrogen (secondary N) is 1. The molecule has 0 saturated carbocycles. The number of hydrogen-bond donors (Lipinski definition) is 2. The minimum atomic E-state index is -0.752. The summed E-state index contributed by atoms with van der Waals surface area (Å²) in [7, 11) is 1.55. The van der Waals surface area contributed by atoms with E-state index in [1.54, 1.807) is 19.2 Å². The molecule has 0 heterocycles. The highest BCUT2D eigenvalue weighted by atomic mass is 35.5. The molecular formula is C18H19ClFNO4. The predicted octanol–water partition coefficient (Wildman–Crippen LogP) is 4.16. The van der Waals surface area contributed by atoms with E-state index >= 15 is 0 Å². The van der Waals surface area contributed by atoms with E-state index in [4.69, 9.17) is 21.1 Å². The van der Waals surface area contributed by atoms with Crippen molar-refractivity contribution in [1.82, 2.24) is 0 Å². The van der Waals surface area contributed by atoms with Crippen molar-refractivity contribution >= 4 is 23.2 Å². The summed E-state index contributed by atoms with van der Waals surface area (Å²) < 4.78 is 24.4. The second-order valence-electron chi connectivity index (χ2n) is 5.25. The van der Waals surface area contributed by atoms with Crippen LogP contribution >= 0.6 is 11.6 Å². The molecule has 25 heavy (non-hydrogen) atoms. The number of carbonyl (C=O) groups excluding carboxylic acids is 1. The molecule has 0 aromatic heterocycles. The van der Waals surface area contributed by atoms with E-state index in [1.165, 1.54) is 6.07 Å². The van der Waals surface area contributed by atoms with Crippen LogP contribution in [-0.4, -0.2) is 24.7 Å². The third-order valence-corrected chi connectivity index (χ3v) is 3.78. The first-order chi connectivity index (χ1) is 11.9. The third kappa shape index (κ3) is 5.00. The summed E-state index contributed by atoms with van der Waals surface area (Å²) in [6.45, 7) is 2.41. The van der Waals surface area contributed by atoms with Gasteiger partial charge in [-0.2, -0.15) is 0 Å². The number of rotatable bonds is 7. The molecule has 7 heteroatoms. The van der Waals surface area contributed by atoms with E-state index in [-0.39, 0.29) is 28.8 Å². The number of carbonyl (C=O) groups is 1. The summed E-state index contributed by atoms with van der Waals surface area (Å²) in [5.41, 5.74) is 0.816. The van der Waals surface area contributed by atoms with Crippen molar-refractivity contribution in [2.24, 2.45) is 0 Å². The Morgan fingerprint density at radius 3 is 2.72 bits per heavy atom. The van der Waals surface area contributed by atoms with Gasteiger partial charge in [-0.3, -0.25) is 4.79 Å². The van der Waals surface area contributed by atoms with Gasteiger partial charge in [0.05, 0.1) is 24.4 Å². The van der Waals surface area contributed by atoms with Gasteiger partial charge in [0.25, 0.3) is 0 Å². The number of ether oxygens (including phenoxy) is 2. The van der Waals surface area contributed by atoms with E-state index in [1.807, 2.05) is 13.0 Å². The molecule has 0 atom stereocenters. The van der Waals surface area contributed by atoms with Crippen LogP contribution in [0.1, 0.15) is 18.9 Å². The lowest BCUT2D eigenvalue weighted by atomic mass is 10.1. The Labute approximate surface area is 150 Å². The van der Waals surface area contributed by atoms with E-state index in [9.17, 15) is 14.3 Å². The van der Waals surface area contributed by atoms with E-state index < -0.39 is 5.82 Å². The molecule has 134 valence electrons. The maximum Gasteiger partial charge on any atom is 0.224 e. The number of hydrogen-bond acceptors (Lipinski definition) is 4. The van der Waals surface area contributed by atoms with Crippen LogP contribution < -0.4 is 14.8 Å². The maximum atomic E-state index is 13.7. The van der Waals surface area contributed by atoms with Crippen LogP contribution in [0.4, 0.5) is 10.1 Å². The lowest BCUT2D eigenvalue weighted by molar-refractivity contribution is -0.116. The molecule has 2 aromatic rings. The van der Waals surface area contributed by atoms with Crippen molar-refractivity contribution in [2.45, 2.75) is 19.8 Å². The van der Waals surface area contributed by atoms with Gasteiger partial charge < -0.3 is 19.9 Å². The largest absolute Gasteiger partial charge is 0.506 e. The number of methoxy groups -OCH3 is 1. The van der Waals surface area contributed by atoms with Crippen molar-refractivity contribution in [3.05, 3.63) is 46.7 Å². The molecule has 0 unspecified atom stereocenters. The Balaban J connectivity index is 1.99. The molecule has 0 aliphatic carbocycles. The fraction of sp³-hybridized carbons (Fsp3) is 0.278. The van der Waals surface area contributed by atoms with Crippen LogP contribution in [0.5, 0.6) is 17.2 Å². The lowest BCUT2D eigenvalue weighted by Crippen LogP contribution is -2.13. The zero-order valence-electron chi connectivity index (χ0n) is 13.9. The fourth-order valence-corrected chi connectivity index (χ4v) is 2.41. The van der Waals surface area contributed by atoms with Gasteiger partial charge in [0, 0.05) is 12.5 Å². The van der Waals surface area contributed by atoms with Gasteiger partial charge in [0.1, 0.15) is 11.6 Å². The van der Waals surface area contributed by atoms with Gasteiger partial charge in [-0.15, -0.1) is 0 Å². The summed E-state index contributed by atoms with van der Waals surface area (Å²) in [5, 5.41) is 11.7. The van der Waals surface area contributed by atoms with Crippen LogP contribution in [0.25, 0.3) is 0 Å². The molecular weight excluding hydrogens is 349 g/mol. The number of aromatic hydroxyl groups is 1. The van der Waals surface area contributed by atoms with Crippen molar-refractivity contribution in [3.8, 4) is 17.2 Å². The van der Waals surface area contributed by atoms with Crippen LogP contribution in [0.2, 0.25) is 5.02 Å². The number of anilines is 1. The number of phenolic OH excluding ortho intramolecular Hbond substituents is 1. The van der Waals surface area contributed by atoms with Crippen LogP contribution in [-0.2, 0) is 11.2 Å². The Bertz CT molecular complexity index is 767. The second-order valence-corrected chi connectivity index (χ2v) is 5.66. The first kappa shape index (κ1) is 18.9. The summed E-state index contributed by atoms with van der Waals surface area (Å²) in [6, 6.07) is 7.46. The van der Waals surface area contributed by atoms with Crippen LogP contribution in [0.3, 0.4) is 0 Å². The number of phenols is 1. The van der Waals surface area contributed by atoms with E-state index in [0.717, 1.165) is 11.6 Å². The molecule has 0 aliphatic heterocycles. The Morgan fingerprint density at radius 1 is 1.28 bits per heavy atom. The molecule has 0 aliphatic rings. The predicted molar refractivity (Wildman–Crippen MR) is 94.2 cm³/mol. The van der Waals surface area contributed by atoms with Gasteiger partial charge in [-0.1, -0.05) is 17.7 Å². The lowest BCUT2D eigenvalue weighted by Gasteiger charge is -2.11. The van der Waals surface area contributed by atoms with Gasteiger partial charge in [0.2, 0.25) is 5.91 Å². The van der Waals surface area contributed by atoms with Crippen LogP contribution in [0, 0.1) is 5.82 Å². The first-order valence-electron chi connectivity index (χ1n) is 7.72. The van der Waals surface area contributed by atoms with Crippen molar-refractivity contribution < 1.29 is 23.8 Å². The molecule has 0 fully saturated rings. The van der Waals surface area contributed by atoms with E-state index in [0.29, 0.717) is 24.5 Å². The number of halogens is 2. The standard InChI is InChI=1S/C18H19ClFNO4/c1-3-25-16-6-4-11(8-17(16)24-2)5-7-18(23)21-14-9-12(19)15(22)10-13(14)20/h4,6,8-10,22H,3,5,7H2,1-2H3,(H,21,23). The average molecular weight is 368 g/mol. The minimum Gasteiger partial charge on any atom is -0.506 e. The maximum absolute atomic E-state index is 13.7. The molecule has 2 N–H and O–H groups in total. The van der Waals surface area contributed by atoms with Crippen LogP contribution in [0.15, 0.2) is 30.3 Å². The van der Waals surface area contributed by atoms with Crippen molar-refractivity contribution in [3.63, 3.8) is 0 Å². The zero-order chi connectivity index (χ0) is 18.4. The molecule has 5 nitrogen and oxygen atoms in total. The fourth-order valence-electron chi connectivity index (χ4n) is 2.24. The number of amides is 1. The quantitative estimate of drug-likeness (QED) is 0.721. The highest BCUT2D eigenvalue weighted by Crippen LogP contribution is 2.30. The Morgan fingerprint density at radius 2 is 2.04 bits per heavy atom. The topological polar surface area (TPSA) is 67.8 Å². The van der Waals surface area contributed by atoms with Gasteiger partial charge in [0.15, 0.2) is 11.5 Å². The smallest absolute Gasteiger partial charge is 0.224 e. The molecule has 0 saturated heterocycles. The molecule has 0 spiro atoms. The SMILES string of the molecule is CCOc1ccc(CCC(=O)Nc2cc(Cl)c(O)cc2F)cc1OC. The van der Waals surface area contributed by atoms with Gasteiger partial charge in [-0.05, 0) is 37.1 Å². The highest BCUT2D eigenvalue weighted by molar-refractivity contribution is 6.32. The normalized spacial score (nSPS) is 10.4. The monoisotopic (exact) mass is 367 g/mol. The number of benzene rings is 2. The average Bonchev–Trinajstić information content (AvgIpc) is 2.59. The van der Waals surface area contributed by atoms with Gasteiger partial charge >= 0.3 is 0 Å². The summed E-state index contributed by atoms with van der Waals surface area (Å²) >= 11 is 5.72. The van der Waals surface area contributed by atoms with Crippen molar-refractivity contribution in [2.75, 3.05) is 19.0 Å². The minimum absolute atomic E-state index is 0.0343. The zero-order valence-corrected chi connectivity index (χ0v) is 14.7. The molecule has 2 rings (SSSR count). The van der Waals surface area contributed by atoms with E-state index in [2.05, 4.69) is 5.32 Å². The highest BCUT2D eigenvalue weighted by Gasteiger charge is 2.12.